The summed E-state index contributed by atoms with van der Waals surface area (Å²) in [6, 6.07) is 5.14. The van der Waals surface area contributed by atoms with E-state index < -0.39 is 0 Å². The van der Waals surface area contributed by atoms with Gasteiger partial charge in [-0.2, -0.15) is 0 Å². The molecule has 4 nitrogen and oxygen atoms in total. The van der Waals surface area contributed by atoms with Crippen molar-refractivity contribution in [3.63, 3.8) is 0 Å². The van der Waals surface area contributed by atoms with Crippen LogP contribution in [0.25, 0.3) is 0 Å². The van der Waals surface area contributed by atoms with Crippen molar-refractivity contribution < 1.29 is 9.53 Å². The lowest BCUT2D eigenvalue weighted by Crippen LogP contribution is -2.26. The van der Waals surface area contributed by atoms with Crippen molar-refractivity contribution >= 4 is 11.6 Å². The molecule has 0 radical (unpaired) electrons. The molecule has 1 aliphatic rings. The second kappa shape index (κ2) is 5.08. The van der Waals surface area contributed by atoms with Gasteiger partial charge in [0.1, 0.15) is 5.75 Å². The molecule has 0 bridgehead atoms. The summed E-state index contributed by atoms with van der Waals surface area (Å²) in [6.45, 7) is 3.17. The van der Waals surface area contributed by atoms with Gasteiger partial charge in [-0.3, -0.25) is 4.79 Å². The fraction of sp³-hybridized carbons (Fsp3) is 0.462. The molecule has 1 aromatic carbocycles. The molecule has 17 heavy (non-hydrogen) atoms. The zero-order valence-corrected chi connectivity index (χ0v) is 10.0. The fourth-order valence-corrected chi connectivity index (χ4v) is 1.66. The Bertz CT molecular complexity index is 414. The summed E-state index contributed by atoms with van der Waals surface area (Å²) in [6.07, 6.45) is 2.44. The first-order valence-electron chi connectivity index (χ1n) is 6.01. The van der Waals surface area contributed by atoms with Crippen molar-refractivity contribution in [2.75, 3.05) is 18.9 Å². The van der Waals surface area contributed by atoms with Gasteiger partial charge >= 0.3 is 0 Å². The second-order valence-electron chi connectivity index (χ2n) is 4.34. The van der Waals surface area contributed by atoms with Crippen LogP contribution in [0.3, 0.4) is 0 Å². The van der Waals surface area contributed by atoms with Gasteiger partial charge in [-0.05, 0) is 43.9 Å². The van der Waals surface area contributed by atoms with Crippen molar-refractivity contribution in [2.45, 2.75) is 19.8 Å². The number of nitrogens with two attached hydrogens (primary N) is 1. The Labute approximate surface area is 101 Å². The standard InChI is InChI=1S/C13H18N2O2/c1-2-17-12-6-5-10(14)7-11(12)13(16)15-8-9-3-4-9/h5-7,9H,2-4,8,14H2,1H3,(H,15,16). The molecular formula is C13H18N2O2. The number of carbonyl (C=O) groups is 1. The number of hydrogen-bond acceptors (Lipinski definition) is 3. The topological polar surface area (TPSA) is 64.3 Å². The van der Waals surface area contributed by atoms with E-state index in [0.717, 1.165) is 6.54 Å². The highest BCUT2D eigenvalue weighted by Gasteiger charge is 2.22. The summed E-state index contributed by atoms with van der Waals surface area (Å²) in [5.41, 5.74) is 6.79. The van der Waals surface area contributed by atoms with Crippen molar-refractivity contribution in [3.05, 3.63) is 23.8 Å². The predicted molar refractivity (Wildman–Crippen MR) is 67.1 cm³/mol. The average molecular weight is 234 g/mol. The molecule has 0 unspecified atom stereocenters. The molecule has 92 valence electrons. The molecule has 2 rings (SSSR count). The first kappa shape index (κ1) is 11.8. The van der Waals surface area contributed by atoms with E-state index in [2.05, 4.69) is 5.32 Å². The van der Waals surface area contributed by atoms with E-state index in [1.165, 1.54) is 12.8 Å². The highest BCUT2D eigenvalue weighted by atomic mass is 16.5. The number of benzene rings is 1. The maximum absolute atomic E-state index is 12.0. The zero-order valence-electron chi connectivity index (χ0n) is 10.0. The summed E-state index contributed by atoms with van der Waals surface area (Å²) in [7, 11) is 0. The highest BCUT2D eigenvalue weighted by Crippen LogP contribution is 2.28. The number of amides is 1. The molecule has 1 aliphatic carbocycles. The van der Waals surface area contributed by atoms with Gasteiger partial charge < -0.3 is 15.8 Å². The van der Waals surface area contributed by atoms with E-state index >= 15 is 0 Å². The van der Waals surface area contributed by atoms with Crippen LogP contribution in [0.15, 0.2) is 18.2 Å². The summed E-state index contributed by atoms with van der Waals surface area (Å²) in [5, 5.41) is 2.91. The van der Waals surface area contributed by atoms with Gasteiger partial charge in [-0.25, -0.2) is 0 Å². The Morgan fingerprint density at radius 1 is 1.53 bits per heavy atom. The largest absolute Gasteiger partial charge is 0.493 e. The molecule has 1 amide bonds. The Balaban J connectivity index is 2.09. The number of hydrogen-bond donors (Lipinski definition) is 2. The molecule has 0 atom stereocenters. The van der Waals surface area contributed by atoms with Crippen LogP contribution in [0.5, 0.6) is 5.75 Å². The van der Waals surface area contributed by atoms with Gasteiger partial charge in [0.15, 0.2) is 0 Å². The van der Waals surface area contributed by atoms with Crippen LogP contribution in [0.1, 0.15) is 30.1 Å². The van der Waals surface area contributed by atoms with Crippen molar-refractivity contribution in [1.29, 1.82) is 0 Å². The molecule has 0 saturated heterocycles. The third-order valence-electron chi connectivity index (χ3n) is 2.80. The minimum absolute atomic E-state index is 0.104. The van der Waals surface area contributed by atoms with Gasteiger partial charge in [0.2, 0.25) is 0 Å². The number of rotatable bonds is 5. The van der Waals surface area contributed by atoms with Gasteiger partial charge in [0.05, 0.1) is 12.2 Å². The molecule has 1 fully saturated rings. The molecule has 0 aromatic heterocycles. The predicted octanol–water partition coefficient (Wildman–Crippen LogP) is 1.81. The molecular weight excluding hydrogens is 216 g/mol. The van der Waals surface area contributed by atoms with E-state index in [0.29, 0.717) is 29.5 Å². The Hall–Kier alpha value is -1.71. The van der Waals surface area contributed by atoms with Crippen LogP contribution in [0, 0.1) is 5.92 Å². The third-order valence-corrected chi connectivity index (χ3v) is 2.80. The van der Waals surface area contributed by atoms with Crippen LogP contribution in [0.2, 0.25) is 0 Å². The monoisotopic (exact) mass is 234 g/mol. The van der Waals surface area contributed by atoms with E-state index in [1.807, 2.05) is 6.92 Å². The highest BCUT2D eigenvalue weighted by molar-refractivity contribution is 5.97. The SMILES string of the molecule is CCOc1ccc(N)cc1C(=O)NCC1CC1. The molecule has 1 saturated carbocycles. The number of nitrogen functional groups attached to an aromatic ring is 1. The molecule has 1 aromatic rings. The summed E-state index contributed by atoms with van der Waals surface area (Å²) in [4.78, 5) is 12.0. The molecule has 0 aliphatic heterocycles. The van der Waals surface area contributed by atoms with Crippen molar-refractivity contribution in [3.8, 4) is 5.75 Å². The van der Waals surface area contributed by atoms with E-state index in [4.69, 9.17) is 10.5 Å². The quantitative estimate of drug-likeness (QED) is 0.764. The number of nitrogens with one attached hydrogen (secondary N) is 1. The van der Waals surface area contributed by atoms with Crippen LogP contribution in [0.4, 0.5) is 5.69 Å². The zero-order chi connectivity index (χ0) is 12.3. The van der Waals surface area contributed by atoms with Gasteiger partial charge in [0.25, 0.3) is 5.91 Å². The van der Waals surface area contributed by atoms with Crippen LogP contribution in [-0.4, -0.2) is 19.1 Å². The van der Waals surface area contributed by atoms with Gasteiger partial charge in [-0.15, -0.1) is 0 Å². The molecule has 4 heteroatoms. The first-order chi connectivity index (χ1) is 8.20. The van der Waals surface area contributed by atoms with E-state index in [-0.39, 0.29) is 5.91 Å². The number of carbonyl (C=O) groups excluding carboxylic acids is 1. The number of ether oxygens (including phenoxy) is 1. The van der Waals surface area contributed by atoms with Crippen LogP contribution in [-0.2, 0) is 0 Å². The first-order valence-corrected chi connectivity index (χ1v) is 6.01. The van der Waals surface area contributed by atoms with Crippen molar-refractivity contribution in [2.24, 2.45) is 5.92 Å². The Morgan fingerprint density at radius 2 is 2.29 bits per heavy atom. The van der Waals surface area contributed by atoms with Gasteiger partial charge in [0, 0.05) is 12.2 Å². The maximum atomic E-state index is 12.0. The lowest BCUT2D eigenvalue weighted by atomic mass is 10.1. The summed E-state index contributed by atoms with van der Waals surface area (Å²) in [5.74, 6) is 1.15. The summed E-state index contributed by atoms with van der Waals surface area (Å²) < 4.78 is 5.42. The van der Waals surface area contributed by atoms with E-state index in [9.17, 15) is 4.79 Å². The average Bonchev–Trinajstić information content (AvgIpc) is 3.12. The minimum atomic E-state index is -0.104. The lowest BCUT2D eigenvalue weighted by Gasteiger charge is -2.11. The maximum Gasteiger partial charge on any atom is 0.255 e. The third kappa shape index (κ3) is 3.12. The van der Waals surface area contributed by atoms with Crippen molar-refractivity contribution in [1.82, 2.24) is 5.32 Å². The smallest absolute Gasteiger partial charge is 0.255 e. The fourth-order valence-electron chi connectivity index (χ4n) is 1.66. The van der Waals surface area contributed by atoms with Crippen LogP contribution < -0.4 is 15.8 Å². The minimum Gasteiger partial charge on any atom is -0.493 e. The summed E-state index contributed by atoms with van der Waals surface area (Å²) >= 11 is 0. The molecule has 0 spiro atoms. The Morgan fingerprint density at radius 3 is 2.94 bits per heavy atom. The van der Waals surface area contributed by atoms with Gasteiger partial charge in [-0.1, -0.05) is 0 Å². The second-order valence-corrected chi connectivity index (χ2v) is 4.34. The van der Waals surface area contributed by atoms with E-state index in [1.54, 1.807) is 18.2 Å². The molecule has 3 N–H and O–H groups in total. The lowest BCUT2D eigenvalue weighted by molar-refractivity contribution is 0.0948. The Kier molecular flexibility index (Phi) is 3.52. The van der Waals surface area contributed by atoms with Crippen LogP contribution >= 0.6 is 0 Å². The number of anilines is 1. The normalized spacial score (nSPS) is 14.4. The molecule has 0 heterocycles.